The van der Waals surface area contributed by atoms with Gasteiger partial charge in [0.2, 0.25) is 0 Å². The third-order valence-corrected chi connectivity index (χ3v) is 10.6. The Bertz CT molecular complexity index is 2920. The molecule has 0 unspecified atom stereocenters. The minimum atomic E-state index is 1.09. The Kier molecular flexibility index (Phi) is 7.85. The van der Waals surface area contributed by atoms with Crippen molar-refractivity contribution < 1.29 is 0 Å². The number of aromatic nitrogens is 1. The molecule has 0 fully saturated rings. The van der Waals surface area contributed by atoms with Crippen molar-refractivity contribution in [3.8, 4) is 39.1 Å². The SMILES string of the molecule is c1ccc(-c2cc(-c3cccc4ccccc34)ccc2N(c2ccccc2)c2ccc3c4ccccc4n(-c4ccccc4-c4ccccc4)c3c2)cc1. The summed E-state index contributed by atoms with van der Waals surface area (Å²) in [6.07, 6.45) is 0. The van der Waals surface area contributed by atoms with E-state index in [0.29, 0.717) is 0 Å². The van der Waals surface area contributed by atoms with Gasteiger partial charge < -0.3 is 9.47 Å². The Hall–Kier alpha value is -7.16. The third-order valence-electron chi connectivity index (χ3n) is 10.6. The maximum atomic E-state index is 2.45. The topological polar surface area (TPSA) is 8.17 Å². The van der Waals surface area contributed by atoms with E-state index in [0.717, 1.165) is 28.3 Å². The van der Waals surface area contributed by atoms with Gasteiger partial charge in [-0.1, -0.05) is 170 Å². The van der Waals surface area contributed by atoms with E-state index >= 15 is 0 Å². The third kappa shape index (κ3) is 5.44. The number of rotatable bonds is 7. The molecule has 0 amide bonds. The fourth-order valence-corrected chi connectivity index (χ4v) is 8.12. The van der Waals surface area contributed by atoms with E-state index in [-0.39, 0.29) is 0 Å². The Labute approximate surface area is 315 Å². The fraction of sp³-hybridized carbons (Fsp3) is 0. The Morgan fingerprint density at radius 3 is 1.70 bits per heavy atom. The molecule has 2 nitrogen and oxygen atoms in total. The smallest absolute Gasteiger partial charge is 0.0562 e. The number of anilines is 3. The Balaban J connectivity index is 1.23. The van der Waals surface area contributed by atoms with E-state index in [1.807, 2.05) is 0 Å². The van der Waals surface area contributed by atoms with Gasteiger partial charge in [-0.2, -0.15) is 0 Å². The number of hydrogen-bond donors (Lipinski definition) is 0. The van der Waals surface area contributed by atoms with Crippen LogP contribution in [-0.2, 0) is 0 Å². The summed E-state index contributed by atoms with van der Waals surface area (Å²) in [4.78, 5) is 2.42. The molecule has 0 atom stereocenters. The van der Waals surface area contributed by atoms with Crippen molar-refractivity contribution in [2.45, 2.75) is 0 Å². The summed E-state index contributed by atoms with van der Waals surface area (Å²) in [6, 6.07) is 78.9. The van der Waals surface area contributed by atoms with Crippen LogP contribution in [-0.4, -0.2) is 4.57 Å². The van der Waals surface area contributed by atoms with E-state index in [1.165, 1.54) is 60.4 Å². The van der Waals surface area contributed by atoms with Crippen LogP contribution in [0.3, 0.4) is 0 Å². The molecule has 10 aromatic rings. The minimum Gasteiger partial charge on any atom is -0.310 e. The zero-order valence-electron chi connectivity index (χ0n) is 29.7. The largest absolute Gasteiger partial charge is 0.310 e. The summed E-state index contributed by atoms with van der Waals surface area (Å²) >= 11 is 0. The van der Waals surface area contributed by atoms with Crippen molar-refractivity contribution in [2.24, 2.45) is 0 Å². The molecule has 0 bridgehead atoms. The molecule has 0 aliphatic heterocycles. The van der Waals surface area contributed by atoms with Gasteiger partial charge in [0, 0.05) is 33.3 Å². The molecule has 0 spiro atoms. The molecule has 0 aliphatic carbocycles. The van der Waals surface area contributed by atoms with Gasteiger partial charge in [0.15, 0.2) is 0 Å². The number of hydrogen-bond acceptors (Lipinski definition) is 1. The molecule has 0 saturated heterocycles. The quantitative estimate of drug-likeness (QED) is 0.162. The molecular weight excluding hydrogens is 653 g/mol. The van der Waals surface area contributed by atoms with E-state index in [4.69, 9.17) is 0 Å². The van der Waals surface area contributed by atoms with Crippen LogP contribution in [0, 0.1) is 0 Å². The van der Waals surface area contributed by atoms with Gasteiger partial charge >= 0.3 is 0 Å². The average Bonchev–Trinajstić information content (AvgIpc) is 3.58. The molecule has 0 saturated carbocycles. The average molecular weight is 689 g/mol. The van der Waals surface area contributed by atoms with E-state index in [9.17, 15) is 0 Å². The van der Waals surface area contributed by atoms with Gasteiger partial charge in [0.25, 0.3) is 0 Å². The zero-order chi connectivity index (χ0) is 35.8. The summed E-state index contributed by atoms with van der Waals surface area (Å²) in [5.74, 6) is 0. The predicted molar refractivity (Wildman–Crippen MR) is 229 cm³/mol. The lowest BCUT2D eigenvalue weighted by molar-refractivity contribution is 1.18. The second-order valence-electron chi connectivity index (χ2n) is 13.7. The van der Waals surface area contributed by atoms with Crippen molar-refractivity contribution in [1.29, 1.82) is 0 Å². The number of benzene rings is 9. The summed E-state index contributed by atoms with van der Waals surface area (Å²) in [5, 5.41) is 4.95. The van der Waals surface area contributed by atoms with Gasteiger partial charge in [-0.05, 0) is 81.6 Å². The highest BCUT2D eigenvalue weighted by atomic mass is 15.1. The molecule has 1 aromatic heterocycles. The summed E-state index contributed by atoms with van der Waals surface area (Å²) in [5.41, 5.74) is 13.9. The van der Waals surface area contributed by atoms with Crippen LogP contribution >= 0.6 is 0 Å². The van der Waals surface area contributed by atoms with E-state index in [2.05, 4.69) is 228 Å². The monoisotopic (exact) mass is 688 g/mol. The van der Waals surface area contributed by atoms with E-state index in [1.54, 1.807) is 0 Å². The highest BCUT2D eigenvalue weighted by Crippen LogP contribution is 2.45. The van der Waals surface area contributed by atoms with Crippen LogP contribution in [0.4, 0.5) is 17.1 Å². The minimum absolute atomic E-state index is 1.09. The lowest BCUT2D eigenvalue weighted by Crippen LogP contribution is -2.11. The number of para-hydroxylation sites is 3. The number of nitrogens with zero attached hydrogens (tertiary/aromatic N) is 2. The van der Waals surface area contributed by atoms with Crippen molar-refractivity contribution in [3.05, 3.63) is 218 Å². The maximum absolute atomic E-state index is 2.45. The zero-order valence-corrected chi connectivity index (χ0v) is 29.7. The molecule has 0 N–H and O–H groups in total. The summed E-state index contributed by atoms with van der Waals surface area (Å²) < 4.78 is 2.45. The molecule has 0 radical (unpaired) electrons. The normalized spacial score (nSPS) is 11.3. The van der Waals surface area contributed by atoms with Gasteiger partial charge in [0.1, 0.15) is 0 Å². The standard InChI is InChI=1S/C52H36N2/c1-4-17-38(18-5-1)45-26-12-14-29-49(45)54-50-30-15-13-27-46(50)47-33-32-42(36-52(47)54)53(41-23-8-3-9-24-41)51-34-31-40(35-48(51)39-19-6-2-7-20-39)44-28-16-22-37-21-10-11-25-43(37)44/h1-36H. The first-order valence-corrected chi connectivity index (χ1v) is 18.5. The van der Waals surface area contributed by atoms with Gasteiger partial charge in [-0.15, -0.1) is 0 Å². The lowest BCUT2D eigenvalue weighted by Gasteiger charge is -2.28. The van der Waals surface area contributed by atoms with Crippen molar-refractivity contribution in [1.82, 2.24) is 4.57 Å². The Morgan fingerprint density at radius 2 is 0.907 bits per heavy atom. The molecule has 2 heteroatoms. The first-order valence-electron chi connectivity index (χ1n) is 18.5. The predicted octanol–water partition coefficient (Wildman–Crippen LogP) is 14.4. The van der Waals surface area contributed by atoms with Crippen molar-refractivity contribution >= 4 is 49.6 Å². The van der Waals surface area contributed by atoms with E-state index < -0.39 is 0 Å². The van der Waals surface area contributed by atoms with Crippen LogP contribution in [0.2, 0.25) is 0 Å². The van der Waals surface area contributed by atoms with Gasteiger partial charge in [-0.3, -0.25) is 0 Å². The molecule has 54 heavy (non-hydrogen) atoms. The van der Waals surface area contributed by atoms with Crippen LogP contribution in [0.1, 0.15) is 0 Å². The Morgan fingerprint density at radius 1 is 0.315 bits per heavy atom. The van der Waals surface area contributed by atoms with Crippen molar-refractivity contribution in [3.63, 3.8) is 0 Å². The second-order valence-corrected chi connectivity index (χ2v) is 13.7. The van der Waals surface area contributed by atoms with Crippen LogP contribution in [0.15, 0.2) is 218 Å². The first-order chi connectivity index (χ1) is 26.8. The van der Waals surface area contributed by atoms with Gasteiger partial charge in [0.05, 0.1) is 22.4 Å². The van der Waals surface area contributed by atoms with Crippen LogP contribution in [0.5, 0.6) is 0 Å². The molecular formula is C52H36N2. The second kappa shape index (κ2) is 13.4. The number of fused-ring (bicyclic) bond motifs is 4. The molecule has 10 rings (SSSR count). The maximum Gasteiger partial charge on any atom is 0.0562 e. The van der Waals surface area contributed by atoms with Crippen LogP contribution < -0.4 is 4.90 Å². The van der Waals surface area contributed by atoms with Gasteiger partial charge in [-0.25, -0.2) is 0 Å². The summed E-state index contributed by atoms with van der Waals surface area (Å²) in [6.45, 7) is 0. The van der Waals surface area contributed by atoms with Crippen molar-refractivity contribution in [2.75, 3.05) is 4.90 Å². The molecule has 0 aliphatic rings. The molecule has 254 valence electrons. The lowest BCUT2D eigenvalue weighted by atomic mass is 9.93. The first kappa shape index (κ1) is 31.6. The van der Waals surface area contributed by atoms with Crippen LogP contribution in [0.25, 0.3) is 71.6 Å². The highest BCUT2D eigenvalue weighted by molar-refractivity contribution is 6.11. The molecule has 1 heterocycles. The fourth-order valence-electron chi connectivity index (χ4n) is 8.12. The molecule has 9 aromatic carbocycles. The highest BCUT2D eigenvalue weighted by Gasteiger charge is 2.21. The summed E-state index contributed by atoms with van der Waals surface area (Å²) in [7, 11) is 0.